The van der Waals surface area contributed by atoms with E-state index in [1.165, 1.54) is 0 Å². The van der Waals surface area contributed by atoms with Crippen LogP contribution in [0.1, 0.15) is 17.2 Å². The van der Waals surface area contributed by atoms with E-state index in [1.54, 1.807) is 6.20 Å². The van der Waals surface area contributed by atoms with Gasteiger partial charge in [0, 0.05) is 36.8 Å². The maximum atomic E-state index is 5.94. The van der Waals surface area contributed by atoms with Crippen LogP contribution in [0.5, 0.6) is 0 Å². The predicted molar refractivity (Wildman–Crippen MR) is 117 cm³/mol. The summed E-state index contributed by atoms with van der Waals surface area (Å²) >= 11 is 5.94. The highest BCUT2D eigenvalue weighted by Crippen LogP contribution is 2.57. The third-order valence-corrected chi connectivity index (χ3v) is 6.39. The first-order valence-corrected chi connectivity index (χ1v) is 10.6. The van der Waals surface area contributed by atoms with Gasteiger partial charge in [0.1, 0.15) is 11.5 Å². The molecule has 4 heterocycles. The molecule has 0 spiro atoms. The lowest BCUT2D eigenvalue weighted by Gasteiger charge is -2.19. The molecule has 156 valence electrons. The van der Waals surface area contributed by atoms with Crippen molar-refractivity contribution in [1.82, 2.24) is 35.3 Å². The summed E-state index contributed by atoms with van der Waals surface area (Å²) in [6.07, 6.45) is 5.46. The molecule has 1 aromatic carbocycles. The van der Waals surface area contributed by atoms with Crippen molar-refractivity contribution in [3.63, 3.8) is 0 Å². The lowest BCUT2D eigenvalue weighted by atomic mass is 10.2. The molecule has 31 heavy (non-hydrogen) atoms. The van der Waals surface area contributed by atoms with E-state index in [4.69, 9.17) is 11.6 Å². The largest absolute Gasteiger partial charge is 0.356 e. The molecule has 3 aromatic heterocycles. The van der Waals surface area contributed by atoms with E-state index in [9.17, 15) is 0 Å². The Balaban J connectivity index is 1.11. The smallest absolute Gasteiger partial charge is 0.223 e. The molecule has 0 amide bonds. The summed E-state index contributed by atoms with van der Waals surface area (Å²) in [5.74, 6) is 4.13. The number of rotatable bonds is 6. The summed E-state index contributed by atoms with van der Waals surface area (Å²) in [5.41, 5.74) is 2.94. The number of benzene rings is 1. The van der Waals surface area contributed by atoms with Crippen molar-refractivity contribution in [3.05, 3.63) is 65.2 Å². The standard InChI is InChI=1S/C21H20ClN9/c22-13-3-1-12(2-4-13)7-25-21-23-6-5-16(27-21)20-24-9-18(28-20)31-10-14-15(11-31)19(14)17-8-26-30-29-17/h1-6,8-9,14-15,19H,7,10-11H2,(H,24,28)(H,23,25,27)(H,26,29,30). The fourth-order valence-electron chi connectivity index (χ4n) is 4.49. The Kier molecular flexibility index (Phi) is 4.34. The molecule has 0 bridgehead atoms. The first-order valence-electron chi connectivity index (χ1n) is 10.2. The minimum Gasteiger partial charge on any atom is -0.356 e. The third-order valence-electron chi connectivity index (χ3n) is 6.13. The molecule has 2 unspecified atom stereocenters. The number of imidazole rings is 1. The van der Waals surface area contributed by atoms with Gasteiger partial charge in [0.25, 0.3) is 0 Å². The lowest BCUT2D eigenvalue weighted by molar-refractivity contribution is 0.729. The van der Waals surface area contributed by atoms with Crippen molar-refractivity contribution < 1.29 is 0 Å². The van der Waals surface area contributed by atoms with E-state index in [-0.39, 0.29) is 0 Å². The van der Waals surface area contributed by atoms with Crippen LogP contribution < -0.4 is 10.2 Å². The van der Waals surface area contributed by atoms with Crippen molar-refractivity contribution in [2.45, 2.75) is 12.5 Å². The summed E-state index contributed by atoms with van der Waals surface area (Å²) in [5, 5.41) is 14.9. The predicted octanol–water partition coefficient (Wildman–Crippen LogP) is 3.10. The number of hydrogen-bond donors (Lipinski definition) is 3. The number of nitrogens with one attached hydrogen (secondary N) is 3. The van der Waals surface area contributed by atoms with Crippen LogP contribution in [0, 0.1) is 11.8 Å². The zero-order chi connectivity index (χ0) is 20.8. The quantitative estimate of drug-likeness (QED) is 0.428. The maximum Gasteiger partial charge on any atom is 0.223 e. The number of fused-ring (bicyclic) bond motifs is 1. The van der Waals surface area contributed by atoms with Gasteiger partial charge in [-0.05, 0) is 35.6 Å². The van der Waals surface area contributed by atoms with Crippen molar-refractivity contribution in [2.75, 3.05) is 23.3 Å². The van der Waals surface area contributed by atoms with Gasteiger partial charge < -0.3 is 15.2 Å². The molecule has 1 saturated heterocycles. The van der Waals surface area contributed by atoms with Crippen molar-refractivity contribution in [2.24, 2.45) is 11.8 Å². The molecule has 0 radical (unpaired) electrons. The SMILES string of the molecule is Clc1ccc(CNc2nccc(-c3ncc(N4CC5C(C4)C5c4cn[nH]n4)[nH]3)n2)cc1. The van der Waals surface area contributed by atoms with Crippen LogP contribution in [-0.4, -0.2) is 48.4 Å². The Morgan fingerprint density at radius 3 is 2.68 bits per heavy atom. The van der Waals surface area contributed by atoms with Crippen LogP contribution in [0.4, 0.5) is 11.8 Å². The fraction of sp³-hybridized carbons (Fsp3) is 0.286. The Morgan fingerprint density at radius 2 is 1.90 bits per heavy atom. The molecule has 9 nitrogen and oxygen atoms in total. The zero-order valence-electron chi connectivity index (χ0n) is 16.5. The second kappa shape index (κ2) is 7.35. The van der Waals surface area contributed by atoms with E-state index >= 15 is 0 Å². The molecule has 1 aliphatic carbocycles. The van der Waals surface area contributed by atoms with E-state index in [2.05, 4.69) is 45.6 Å². The third kappa shape index (κ3) is 3.50. The molecule has 2 aliphatic rings. The van der Waals surface area contributed by atoms with E-state index < -0.39 is 0 Å². The first kappa shape index (κ1) is 18.3. The van der Waals surface area contributed by atoms with Crippen molar-refractivity contribution >= 4 is 23.4 Å². The summed E-state index contributed by atoms with van der Waals surface area (Å²) in [6.45, 7) is 2.62. The van der Waals surface area contributed by atoms with Gasteiger partial charge in [0.2, 0.25) is 5.95 Å². The van der Waals surface area contributed by atoms with Crippen LogP contribution in [-0.2, 0) is 6.54 Å². The summed E-state index contributed by atoms with van der Waals surface area (Å²) in [4.78, 5) is 19.2. The number of anilines is 2. The number of nitrogens with zero attached hydrogens (tertiary/aromatic N) is 6. The topological polar surface area (TPSA) is 111 Å². The minimum atomic E-state index is 0.536. The molecular weight excluding hydrogens is 414 g/mol. The number of H-pyrrole nitrogens is 2. The number of aromatic nitrogens is 7. The Hall–Kier alpha value is -3.46. The van der Waals surface area contributed by atoms with Crippen LogP contribution in [0.25, 0.3) is 11.5 Å². The van der Waals surface area contributed by atoms with Gasteiger partial charge >= 0.3 is 0 Å². The maximum absolute atomic E-state index is 5.94. The molecule has 10 heteroatoms. The van der Waals surface area contributed by atoms with Gasteiger partial charge in [-0.3, -0.25) is 0 Å². The van der Waals surface area contributed by atoms with E-state index in [0.29, 0.717) is 30.2 Å². The highest BCUT2D eigenvalue weighted by molar-refractivity contribution is 6.30. The Labute approximate surface area is 183 Å². The molecule has 2 atom stereocenters. The molecular formula is C21H20ClN9. The Morgan fingerprint density at radius 1 is 1.06 bits per heavy atom. The molecule has 3 N–H and O–H groups in total. The normalized spacial score (nSPS) is 21.8. The molecule has 6 rings (SSSR count). The summed E-state index contributed by atoms with van der Waals surface area (Å²) in [6, 6.07) is 9.56. The van der Waals surface area contributed by atoms with Gasteiger partial charge in [-0.1, -0.05) is 23.7 Å². The molecule has 1 saturated carbocycles. The number of piperidine rings is 1. The highest BCUT2D eigenvalue weighted by atomic mass is 35.5. The van der Waals surface area contributed by atoms with Crippen molar-refractivity contribution in [3.8, 4) is 11.5 Å². The first-order chi connectivity index (χ1) is 15.2. The van der Waals surface area contributed by atoms with Crippen LogP contribution >= 0.6 is 11.6 Å². The van der Waals surface area contributed by atoms with Gasteiger partial charge in [-0.15, -0.1) is 0 Å². The second-order valence-corrected chi connectivity index (χ2v) is 8.45. The average Bonchev–Trinajstić information content (AvgIpc) is 3.33. The fourth-order valence-corrected chi connectivity index (χ4v) is 4.62. The van der Waals surface area contributed by atoms with Crippen LogP contribution in [0.2, 0.25) is 5.02 Å². The number of hydrogen-bond acceptors (Lipinski definition) is 7. The van der Waals surface area contributed by atoms with E-state index in [0.717, 1.165) is 46.7 Å². The highest BCUT2D eigenvalue weighted by Gasteiger charge is 2.57. The minimum absolute atomic E-state index is 0.536. The molecule has 1 aliphatic heterocycles. The lowest BCUT2D eigenvalue weighted by Crippen LogP contribution is -2.23. The van der Waals surface area contributed by atoms with E-state index in [1.807, 2.05) is 42.7 Å². The molecule has 4 aromatic rings. The monoisotopic (exact) mass is 433 g/mol. The average molecular weight is 434 g/mol. The zero-order valence-corrected chi connectivity index (χ0v) is 17.3. The molecule has 2 fully saturated rings. The number of halogens is 1. The van der Waals surface area contributed by atoms with Crippen molar-refractivity contribution in [1.29, 1.82) is 0 Å². The van der Waals surface area contributed by atoms with Gasteiger partial charge in [-0.2, -0.15) is 15.4 Å². The summed E-state index contributed by atoms with van der Waals surface area (Å²) < 4.78 is 0. The van der Waals surface area contributed by atoms with Crippen LogP contribution in [0.15, 0.2) is 48.9 Å². The number of aromatic amines is 2. The summed E-state index contributed by atoms with van der Waals surface area (Å²) in [7, 11) is 0. The van der Waals surface area contributed by atoms with Gasteiger partial charge in [0.05, 0.1) is 18.1 Å². The second-order valence-electron chi connectivity index (χ2n) is 8.02. The van der Waals surface area contributed by atoms with Crippen LogP contribution in [0.3, 0.4) is 0 Å². The van der Waals surface area contributed by atoms with Gasteiger partial charge in [0.15, 0.2) is 5.82 Å². The van der Waals surface area contributed by atoms with Gasteiger partial charge in [-0.25, -0.2) is 15.0 Å². The Bertz CT molecular complexity index is 1180.